The molecule has 0 aromatic heterocycles. The maximum atomic E-state index is 13.0. The van der Waals surface area contributed by atoms with Gasteiger partial charge in [-0.05, 0) is 55.3 Å². The monoisotopic (exact) mass is 281 g/mol. The molecule has 106 valence electrons. The summed E-state index contributed by atoms with van der Waals surface area (Å²) in [6.45, 7) is 3.71. The van der Waals surface area contributed by atoms with E-state index in [2.05, 4.69) is 0 Å². The van der Waals surface area contributed by atoms with E-state index in [1.165, 1.54) is 12.1 Å². The standard InChI is InChI=1S/C15H14F3NO/c1-9-5-10(2)7-12(6-9)20-14-4-3-11(19)8-13(14)15(16,17)18/h3-8H,19H2,1-2H3. The van der Waals surface area contributed by atoms with Crippen LogP contribution in [-0.4, -0.2) is 0 Å². The summed E-state index contributed by atoms with van der Waals surface area (Å²) >= 11 is 0. The minimum atomic E-state index is -4.51. The van der Waals surface area contributed by atoms with Gasteiger partial charge in [-0.3, -0.25) is 0 Å². The first kappa shape index (κ1) is 14.2. The highest BCUT2D eigenvalue weighted by Crippen LogP contribution is 2.39. The second-order valence-electron chi connectivity index (χ2n) is 4.68. The Bertz CT molecular complexity index is 615. The van der Waals surface area contributed by atoms with Gasteiger partial charge in [-0.15, -0.1) is 0 Å². The molecule has 0 saturated heterocycles. The van der Waals surface area contributed by atoms with Gasteiger partial charge in [-0.25, -0.2) is 0 Å². The molecule has 2 N–H and O–H groups in total. The summed E-state index contributed by atoms with van der Waals surface area (Å²) in [7, 11) is 0. The van der Waals surface area contributed by atoms with Crippen molar-refractivity contribution in [2.24, 2.45) is 0 Å². The van der Waals surface area contributed by atoms with Crippen molar-refractivity contribution < 1.29 is 17.9 Å². The first-order valence-corrected chi connectivity index (χ1v) is 5.98. The number of hydrogen-bond acceptors (Lipinski definition) is 2. The predicted octanol–water partition coefficient (Wildman–Crippen LogP) is 4.70. The number of anilines is 1. The average Bonchev–Trinajstić information content (AvgIpc) is 2.28. The van der Waals surface area contributed by atoms with E-state index in [0.29, 0.717) is 5.75 Å². The highest BCUT2D eigenvalue weighted by Gasteiger charge is 2.34. The summed E-state index contributed by atoms with van der Waals surface area (Å²) in [5.41, 5.74) is 6.42. The van der Waals surface area contributed by atoms with Crippen LogP contribution in [0.2, 0.25) is 0 Å². The highest BCUT2D eigenvalue weighted by atomic mass is 19.4. The molecule has 0 atom stereocenters. The third-order valence-corrected chi connectivity index (χ3v) is 2.73. The third-order valence-electron chi connectivity index (χ3n) is 2.73. The maximum Gasteiger partial charge on any atom is 0.420 e. The molecular formula is C15H14F3NO. The second-order valence-corrected chi connectivity index (χ2v) is 4.68. The molecule has 2 aromatic carbocycles. The van der Waals surface area contributed by atoms with Gasteiger partial charge in [-0.1, -0.05) is 6.07 Å². The van der Waals surface area contributed by atoms with Gasteiger partial charge in [0.2, 0.25) is 0 Å². The molecule has 20 heavy (non-hydrogen) atoms. The van der Waals surface area contributed by atoms with Crippen molar-refractivity contribution in [3.05, 3.63) is 53.1 Å². The van der Waals surface area contributed by atoms with Gasteiger partial charge >= 0.3 is 6.18 Å². The molecule has 2 rings (SSSR count). The summed E-state index contributed by atoms with van der Waals surface area (Å²) in [4.78, 5) is 0. The Labute approximate surface area is 115 Å². The zero-order chi connectivity index (χ0) is 14.9. The number of aryl methyl sites for hydroxylation is 2. The summed E-state index contributed by atoms with van der Waals surface area (Å²) < 4.78 is 44.2. The Kier molecular flexibility index (Phi) is 3.61. The van der Waals surface area contributed by atoms with Crippen LogP contribution in [0.15, 0.2) is 36.4 Å². The van der Waals surface area contributed by atoms with E-state index >= 15 is 0 Å². The summed E-state index contributed by atoms with van der Waals surface area (Å²) in [6, 6.07) is 8.77. The largest absolute Gasteiger partial charge is 0.457 e. The van der Waals surface area contributed by atoms with Crippen LogP contribution in [0.25, 0.3) is 0 Å². The lowest BCUT2D eigenvalue weighted by atomic mass is 10.1. The molecule has 5 heteroatoms. The lowest BCUT2D eigenvalue weighted by molar-refractivity contribution is -0.138. The molecule has 0 heterocycles. The van der Waals surface area contributed by atoms with Crippen LogP contribution in [0, 0.1) is 13.8 Å². The Morgan fingerprint density at radius 2 is 1.55 bits per heavy atom. The van der Waals surface area contributed by atoms with E-state index in [9.17, 15) is 13.2 Å². The molecule has 0 amide bonds. The topological polar surface area (TPSA) is 35.2 Å². The van der Waals surface area contributed by atoms with Crippen molar-refractivity contribution in [2.75, 3.05) is 5.73 Å². The van der Waals surface area contributed by atoms with Crippen LogP contribution < -0.4 is 10.5 Å². The third kappa shape index (κ3) is 3.23. The van der Waals surface area contributed by atoms with Crippen molar-refractivity contribution >= 4 is 5.69 Å². The normalized spacial score (nSPS) is 11.4. The fourth-order valence-corrected chi connectivity index (χ4v) is 1.98. The van der Waals surface area contributed by atoms with E-state index in [-0.39, 0.29) is 11.4 Å². The molecular weight excluding hydrogens is 267 g/mol. The molecule has 0 bridgehead atoms. The van der Waals surface area contributed by atoms with Crippen LogP contribution in [0.3, 0.4) is 0 Å². The molecule has 0 radical (unpaired) electrons. The Morgan fingerprint density at radius 3 is 2.10 bits per heavy atom. The molecule has 0 saturated carbocycles. The SMILES string of the molecule is Cc1cc(C)cc(Oc2ccc(N)cc2C(F)(F)F)c1. The van der Waals surface area contributed by atoms with Gasteiger partial charge in [0.05, 0.1) is 0 Å². The Hall–Kier alpha value is -2.17. The zero-order valence-electron chi connectivity index (χ0n) is 11.1. The lowest BCUT2D eigenvalue weighted by Crippen LogP contribution is -2.08. The molecule has 0 aliphatic heterocycles. The summed E-state index contributed by atoms with van der Waals surface area (Å²) in [5, 5.41) is 0. The maximum absolute atomic E-state index is 13.0. The molecule has 2 aromatic rings. The second kappa shape index (κ2) is 5.07. The number of benzene rings is 2. The van der Waals surface area contributed by atoms with Crippen LogP contribution in [0.1, 0.15) is 16.7 Å². The Morgan fingerprint density at radius 1 is 0.950 bits per heavy atom. The van der Waals surface area contributed by atoms with Crippen LogP contribution >= 0.6 is 0 Å². The molecule has 0 aliphatic rings. The van der Waals surface area contributed by atoms with Gasteiger partial charge in [0.15, 0.2) is 0 Å². The summed E-state index contributed by atoms with van der Waals surface area (Å²) in [5.74, 6) is 0.120. The zero-order valence-corrected chi connectivity index (χ0v) is 11.1. The highest BCUT2D eigenvalue weighted by molar-refractivity contribution is 5.50. The summed E-state index contributed by atoms with van der Waals surface area (Å²) in [6.07, 6.45) is -4.51. The predicted molar refractivity (Wildman–Crippen MR) is 71.8 cm³/mol. The fourth-order valence-electron chi connectivity index (χ4n) is 1.98. The van der Waals surface area contributed by atoms with Gasteiger partial charge in [0, 0.05) is 5.69 Å². The van der Waals surface area contributed by atoms with Crippen LogP contribution in [-0.2, 0) is 6.18 Å². The number of rotatable bonds is 2. The molecule has 2 nitrogen and oxygen atoms in total. The van der Waals surface area contributed by atoms with E-state index in [0.717, 1.165) is 17.2 Å². The van der Waals surface area contributed by atoms with Gasteiger partial charge in [0.1, 0.15) is 17.1 Å². The van der Waals surface area contributed by atoms with E-state index in [1.54, 1.807) is 12.1 Å². The number of nitrogens with two attached hydrogens (primary N) is 1. The minimum absolute atomic E-state index is 0.0464. The first-order chi connectivity index (χ1) is 9.25. The van der Waals surface area contributed by atoms with Crippen molar-refractivity contribution in [3.63, 3.8) is 0 Å². The first-order valence-electron chi connectivity index (χ1n) is 5.98. The minimum Gasteiger partial charge on any atom is -0.457 e. The number of alkyl halides is 3. The van der Waals surface area contributed by atoms with Crippen molar-refractivity contribution in [1.82, 2.24) is 0 Å². The quantitative estimate of drug-likeness (QED) is 0.810. The number of ether oxygens (including phenoxy) is 1. The molecule has 0 spiro atoms. The van der Waals surface area contributed by atoms with Crippen molar-refractivity contribution in [1.29, 1.82) is 0 Å². The molecule has 0 fully saturated rings. The van der Waals surface area contributed by atoms with Crippen LogP contribution in [0.5, 0.6) is 11.5 Å². The smallest absolute Gasteiger partial charge is 0.420 e. The molecule has 0 unspecified atom stereocenters. The van der Waals surface area contributed by atoms with Crippen molar-refractivity contribution in [2.45, 2.75) is 20.0 Å². The fraction of sp³-hybridized carbons (Fsp3) is 0.200. The number of hydrogen-bond donors (Lipinski definition) is 1. The van der Waals surface area contributed by atoms with E-state index < -0.39 is 11.7 Å². The molecule has 0 aliphatic carbocycles. The van der Waals surface area contributed by atoms with Gasteiger partial charge < -0.3 is 10.5 Å². The van der Waals surface area contributed by atoms with Gasteiger partial charge in [-0.2, -0.15) is 13.2 Å². The van der Waals surface area contributed by atoms with Crippen molar-refractivity contribution in [3.8, 4) is 11.5 Å². The van der Waals surface area contributed by atoms with Gasteiger partial charge in [0.25, 0.3) is 0 Å². The van der Waals surface area contributed by atoms with Crippen LogP contribution in [0.4, 0.5) is 18.9 Å². The Balaban J connectivity index is 2.43. The number of halogens is 3. The van der Waals surface area contributed by atoms with E-state index in [1.807, 2.05) is 19.9 Å². The number of nitrogen functional groups attached to an aromatic ring is 1. The van der Waals surface area contributed by atoms with E-state index in [4.69, 9.17) is 10.5 Å². The average molecular weight is 281 g/mol. The lowest BCUT2D eigenvalue weighted by Gasteiger charge is -2.15.